The average Bonchev–Trinajstić information content (AvgIpc) is 2.89. The number of likely N-dealkylation sites (tertiary alicyclic amines) is 1. The molecule has 20 heavy (non-hydrogen) atoms. The van der Waals surface area contributed by atoms with E-state index in [2.05, 4.69) is 15.0 Å². The lowest BCUT2D eigenvalue weighted by atomic mass is 10.1. The molecule has 2 N–H and O–H groups in total. The maximum Gasteiger partial charge on any atom is 0.407 e. The standard InChI is InChI=1S/C14H19FN2O3/c1-9(12-7-10(15)3-4-13(12)18)17-6-5-11(8-17)16-14(19)20-2/h3-4,7,9,11,18H,5-6,8H2,1-2H3,(H,16,19). The fraction of sp³-hybridized carbons (Fsp3) is 0.500. The number of methoxy groups -OCH3 is 1. The highest BCUT2D eigenvalue weighted by molar-refractivity contribution is 5.67. The predicted octanol–water partition coefficient (Wildman–Crippen LogP) is 2.02. The number of hydrogen-bond donors (Lipinski definition) is 2. The van der Waals surface area contributed by atoms with E-state index < -0.39 is 6.09 Å². The van der Waals surface area contributed by atoms with Gasteiger partial charge in [0, 0.05) is 30.7 Å². The lowest BCUT2D eigenvalue weighted by Crippen LogP contribution is -2.37. The Labute approximate surface area is 117 Å². The van der Waals surface area contributed by atoms with Crippen molar-refractivity contribution in [2.24, 2.45) is 0 Å². The summed E-state index contributed by atoms with van der Waals surface area (Å²) in [5, 5.41) is 12.6. The first kappa shape index (κ1) is 14.6. The molecule has 0 radical (unpaired) electrons. The Kier molecular flexibility index (Phi) is 4.44. The number of nitrogens with one attached hydrogen (secondary N) is 1. The van der Waals surface area contributed by atoms with Crippen LogP contribution < -0.4 is 5.32 Å². The Bertz CT molecular complexity index is 495. The summed E-state index contributed by atoms with van der Waals surface area (Å²) in [6.07, 6.45) is 0.355. The van der Waals surface area contributed by atoms with Gasteiger partial charge in [-0.1, -0.05) is 0 Å². The largest absolute Gasteiger partial charge is 0.508 e. The number of phenolic OH excluding ortho intramolecular Hbond substituents is 1. The lowest BCUT2D eigenvalue weighted by Gasteiger charge is -2.25. The van der Waals surface area contributed by atoms with Gasteiger partial charge in [-0.05, 0) is 31.5 Å². The number of alkyl carbamates (subject to hydrolysis) is 1. The van der Waals surface area contributed by atoms with E-state index in [1.54, 1.807) is 0 Å². The zero-order valence-corrected chi connectivity index (χ0v) is 11.6. The number of benzene rings is 1. The van der Waals surface area contributed by atoms with Crippen LogP contribution in [0.2, 0.25) is 0 Å². The Balaban J connectivity index is 2.02. The van der Waals surface area contributed by atoms with E-state index in [9.17, 15) is 14.3 Å². The number of phenols is 1. The zero-order chi connectivity index (χ0) is 14.7. The summed E-state index contributed by atoms with van der Waals surface area (Å²) < 4.78 is 17.9. The molecule has 2 rings (SSSR count). The van der Waals surface area contributed by atoms with Gasteiger partial charge >= 0.3 is 6.09 Å². The Morgan fingerprint density at radius 3 is 3.05 bits per heavy atom. The van der Waals surface area contributed by atoms with Crippen LogP contribution in [0.25, 0.3) is 0 Å². The third kappa shape index (κ3) is 3.19. The topological polar surface area (TPSA) is 61.8 Å². The molecule has 0 bridgehead atoms. The van der Waals surface area contributed by atoms with Crippen LogP contribution in [0.4, 0.5) is 9.18 Å². The van der Waals surface area contributed by atoms with Crippen LogP contribution in [-0.2, 0) is 4.74 Å². The van der Waals surface area contributed by atoms with Gasteiger partial charge in [0.25, 0.3) is 0 Å². The maximum atomic E-state index is 13.3. The van der Waals surface area contributed by atoms with Gasteiger partial charge in [-0.2, -0.15) is 0 Å². The molecule has 110 valence electrons. The highest BCUT2D eigenvalue weighted by Gasteiger charge is 2.29. The normalized spacial score (nSPS) is 20.6. The van der Waals surface area contributed by atoms with Gasteiger partial charge in [-0.3, -0.25) is 4.90 Å². The van der Waals surface area contributed by atoms with Crippen LogP contribution in [0.5, 0.6) is 5.75 Å². The van der Waals surface area contributed by atoms with Crippen LogP contribution in [0.15, 0.2) is 18.2 Å². The maximum absolute atomic E-state index is 13.3. The summed E-state index contributed by atoms with van der Waals surface area (Å²) in [5.41, 5.74) is 0.559. The number of halogens is 1. The summed E-state index contributed by atoms with van der Waals surface area (Å²) in [5.74, 6) is -0.281. The second kappa shape index (κ2) is 6.09. The van der Waals surface area contributed by atoms with E-state index in [0.29, 0.717) is 12.1 Å². The fourth-order valence-electron chi connectivity index (χ4n) is 2.54. The summed E-state index contributed by atoms with van der Waals surface area (Å²) in [7, 11) is 1.33. The SMILES string of the molecule is COC(=O)NC1CCN(C(C)c2cc(F)ccc2O)C1. The molecule has 0 aliphatic carbocycles. The van der Waals surface area contributed by atoms with Gasteiger partial charge in [0.15, 0.2) is 0 Å². The van der Waals surface area contributed by atoms with Crippen molar-refractivity contribution in [2.75, 3.05) is 20.2 Å². The van der Waals surface area contributed by atoms with E-state index >= 15 is 0 Å². The van der Waals surface area contributed by atoms with Crippen molar-refractivity contribution in [3.8, 4) is 5.75 Å². The number of nitrogens with zero attached hydrogens (tertiary/aromatic N) is 1. The van der Waals surface area contributed by atoms with Gasteiger partial charge < -0.3 is 15.2 Å². The van der Waals surface area contributed by atoms with Crippen molar-refractivity contribution in [1.82, 2.24) is 10.2 Å². The number of amides is 1. The van der Waals surface area contributed by atoms with E-state index in [-0.39, 0.29) is 23.7 Å². The predicted molar refractivity (Wildman–Crippen MR) is 72.0 cm³/mol. The molecule has 1 fully saturated rings. The van der Waals surface area contributed by atoms with Crippen molar-refractivity contribution in [3.63, 3.8) is 0 Å². The number of aromatic hydroxyl groups is 1. The van der Waals surface area contributed by atoms with Gasteiger partial charge in [0.05, 0.1) is 7.11 Å². The molecule has 1 aliphatic rings. The minimum Gasteiger partial charge on any atom is -0.508 e. The summed E-state index contributed by atoms with van der Waals surface area (Å²) in [4.78, 5) is 13.3. The fourth-order valence-corrected chi connectivity index (χ4v) is 2.54. The van der Waals surface area contributed by atoms with Crippen molar-refractivity contribution in [2.45, 2.75) is 25.4 Å². The molecular formula is C14H19FN2O3. The van der Waals surface area contributed by atoms with E-state index in [4.69, 9.17) is 0 Å². The van der Waals surface area contributed by atoms with Crippen LogP contribution in [0.3, 0.4) is 0 Å². The number of rotatable bonds is 3. The van der Waals surface area contributed by atoms with E-state index in [1.165, 1.54) is 25.3 Å². The number of ether oxygens (including phenoxy) is 1. The average molecular weight is 282 g/mol. The van der Waals surface area contributed by atoms with Gasteiger partial charge in [0.2, 0.25) is 0 Å². The third-order valence-corrected chi connectivity index (χ3v) is 3.71. The highest BCUT2D eigenvalue weighted by atomic mass is 19.1. The number of hydrogen-bond acceptors (Lipinski definition) is 4. The molecule has 5 nitrogen and oxygen atoms in total. The molecule has 1 amide bonds. The molecule has 0 spiro atoms. The van der Waals surface area contributed by atoms with Crippen molar-refractivity contribution in [3.05, 3.63) is 29.6 Å². The molecule has 1 aliphatic heterocycles. The molecule has 1 aromatic rings. The number of carbonyl (C=O) groups is 1. The Morgan fingerprint density at radius 1 is 1.60 bits per heavy atom. The smallest absolute Gasteiger partial charge is 0.407 e. The second-order valence-corrected chi connectivity index (χ2v) is 5.00. The quantitative estimate of drug-likeness (QED) is 0.890. The van der Waals surface area contributed by atoms with Crippen LogP contribution in [-0.4, -0.2) is 42.3 Å². The molecule has 2 atom stereocenters. The molecule has 0 saturated carbocycles. The van der Waals surface area contributed by atoms with Gasteiger partial charge in [0.1, 0.15) is 11.6 Å². The first-order valence-electron chi connectivity index (χ1n) is 6.58. The first-order chi connectivity index (χ1) is 9.51. The lowest BCUT2D eigenvalue weighted by molar-refractivity contribution is 0.165. The minimum atomic E-state index is -0.446. The van der Waals surface area contributed by atoms with Crippen molar-refractivity contribution in [1.29, 1.82) is 0 Å². The zero-order valence-electron chi connectivity index (χ0n) is 11.6. The molecule has 1 aromatic carbocycles. The molecule has 1 saturated heterocycles. The van der Waals surface area contributed by atoms with Crippen LogP contribution in [0.1, 0.15) is 24.9 Å². The first-order valence-corrected chi connectivity index (χ1v) is 6.58. The summed E-state index contributed by atoms with van der Waals surface area (Å²) in [6.45, 7) is 3.33. The van der Waals surface area contributed by atoms with Crippen molar-refractivity contribution < 1.29 is 19.0 Å². The van der Waals surface area contributed by atoms with Crippen molar-refractivity contribution >= 4 is 6.09 Å². The Morgan fingerprint density at radius 2 is 2.35 bits per heavy atom. The Hall–Kier alpha value is -1.82. The summed E-state index contributed by atoms with van der Waals surface area (Å²) in [6, 6.07) is 3.84. The van der Waals surface area contributed by atoms with E-state index in [0.717, 1.165) is 13.0 Å². The number of carbonyl (C=O) groups excluding carboxylic acids is 1. The van der Waals surface area contributed by atoms with Crippen LogP contribution in [0, 0.1) is 5.82 Å². The molecule has 0 aromatic heterocycles. The monoisotopic (exact) mass is 282 g/mol. The molecule has 6 heteroatoms. The summed E-state index contributed by atoms with van der Waals surface area (Å²) >= 11 is 0. The van der Waals surface area contributed by atoms with E-state index in [1.807, 2.05) is 6.92 Å². The van der Waals surface area contributed by atoms with Gasteiger partial charge in [-0.15, -0.1) is 0 Å². The molecule has 1 heterocycles. The highest BCUT2D eigenvalue weighted by Crippen LogP contribution is 2.31. The molecular weight excluding hydrogens is 263 g/mol. The second-order valence-electron chi connectivity index (χ2n) is 5.00. The minimum absolute atomic E-state index is 0.0144. The third-order valence-electron chi connectivity index (χ3n) is 3.71. The van der Waals surface area contributed by atoms with Crippen LogP contribution >= 0.6 is 0 Å². The van der Waals surface area contributed by atoms with Gasteiger partial charge in [-0.25, -0.2) is 9.18 Å². The molecule has 2 unspecified atom stereocenters.